The summed E-state index contributed by atoms with van der Waals surface area (Å²) in [6.07, 6.45) is 6.84. The molecule has 1 unspecified atom stereocenters. The molecule has 1 fully saturated rings. The fourth-order valence-corrected chi connectivity index (χ4v) is 4.32. The van der Waals surface area contributed by atoms with Crippen molar-refractivity contribution in [2.45, 2.75) is 43.9 Å². The van der Waals surface area contributed by atoms with Gasteiger partial charge in [-0.15, -0.1) is 0 Å². The highest BCUT2D eigenvalue weighted by atomic mass is 79.9. The van der Waals surface area contributed by atoms with E-state index in [9.17, 15) is 0 Å². The first-order chi connectivity index (χ1) is 9.21. The number of fused-ring (bicyclic) bond motifs is 1. The molecule has 0 nitrogen and oxygen atoms in total. The van der Waals surface area contributed by atoms with Crippen LogP contribution in [0.15, 0.2) is 42.5 Å². The molecule has 0 radical (unpaired) electrons. The van der Waals surface area contributed by atoms with Crippen molar-refractivity contribution in [2.75, 3.05) is 0 Å². The number of alkyl halides is 1. The van der Waals surface area contributed by atoms with E-state index in [1.54, 1.807) is 0 Å². The summed E-state index contributed by atoms with van der Waals surface area (Å²) in [6, 6.07) is 15.4. The summed E-state index contributed by atoms with van der Waals surface area (Å²) in [5, 5.41) is 2.75. The summed E-state index contributed by atoms with van der Waals surface area (Å²) >= 11 is 4.02. The third-order valence-electron chi connectivity index (χ3n) is 4.70. The lowest BCUT2D eigenvalue weighted by atomic mass is 9.71. The highest BCUT2D eigenvalue weighted by molar-refractivity contribution is 9.09. The van der Waals surface area contributed by atoms with Crippen LogP contribution >= 0.6 is 15.9 Å². The summed E-state index contributed by atoms with van der Waals surface area (Å²) < 4.78 is 0. The molecule has 1 aliphatic rings. The first-order valence-corrected chi connectivity index (χ1v) is 8.24. The zero-order valence-corrected chi connectivity index (χ0v) is 13.1. The van der Waals surface area contributed by atoms with Gasteiger partial charge in [-0.1, -0.05) is 84.6 Å². The molecule has 0 spiro atoms. The Bertz CT molecular complexity index is 561. The normalized spacial score (nSPS) is 20.3. The fourth-order valence-electron chi connectivity index (χ4n) is 3.46. The van der Waals surface area contributed by atoms with E-state index in [0.29, 0.717) is 10.2 Å². The van der Waals surface area contributed by atoms with Gasteiger partial charge < -0.3 is 0 Å². The van der Waals surface area contributed by atoms with Gasteiger partial charge in [0.25, 0.3) is 0 Å². The lowest BCUT2D eigenvalue weighted by Crippen LogP contribution is -2.25. The summed E-state index contributed by atoms with van der Waals surface area (Å²) in [4.78, 5) is 0.464. The second-order valence-electron chi connectivity index (χ2n) is 6.15. The van der Waals surface area contributed by atoms with E-state index >= 15 is 0 Å². The average Bonchev–Trinajstić information content (AvgIpc) is 2.47. The van der Waals surface area contributed by atoms with Gasteiger partial charge in [0, 0.05) is 4.83 Å². The molecule has 1 atom stereocenters. The Morgan fingerprint density at radius 1 is 0.947 bits per heavy atom. The molecule has 100 valence electrons. The van der Waals surface area contributed by atoms with Crippen LogP contribution in [-0.4, -0.2) is 0 Å². The lowest BCUT2D eigenvalue weighted by molar-refractivity contribution is 0.213. The van der Waals surface area contributed by atoms with Crippen molar-refractivity contribution in [3.63, 3.8) is 0 Å². The van der Waals surface area contributed by atoms with Crippen LogP contribution in [0.2, 0.25) is 0 Å². The van der Waals surface area contributed by atoms with Crippen molar-refractivity contribution in [3.05, 3.63) is 48.0 Å². The van der Waals surface area contributed by atoms with Crippen molar-refractivity contribution in [3.8, 4) is 0 Å². The summed E-state index contributed by atoms with van der Waals surface area (Å²) in [5.41, 5.74) is 1.87. The van der Waals surface area contributed by atoms with E-state index in [1.807, 2.05) is 0 Å². The number of hydrogen-bond acceptors (Lipinski definition) is 0. The molecule has 2 aromatic rings. The minimum Gasteiger partial charge on any atom is -0.0833 e. The molecular weight excluding hydrogens is 296 g/mol. The molecule has 1 heteroatoms. The molecule has 0 heterocycles. The van der Waals surface area contributed by atoms with Crippen molar-refractivity contribution in [1.82, 2.24) is 0 Å². The minimum atomic E-state index is 0.405. The van der Waals surface area contributed by atoms with Crippen LogP contribution in [0.25, 0.3) is 10.8 Å². The molecule has 0 N–H and O–H groups in total. The first-order valence-electron chi connectivity index (χ1n) is 7.32. The minimum absolute atomic E-state index is 0.405. The molecule has 0 bridgehead atoms. The van der Waals surface area contributed by atoms with Crippen LogP contribution in [0.3, 0.4) is 0 Å². The second kappa shape index (κ2) is 5.28. The van der Waals surface area contributed by atoms with Crippen LogP contribution in [0.1, 0.15) is 49.4 Å². The van der Waals surface area contributed by atoms with Gasteiger partial charge in [0.15, 0.2) is 0 Å². The maximum absolute atomic E-state index is 4.02. The SMILES string of the molecule is CC1(C(Br)c2cccc3ccccc23)CCCCC1. The van der Waals surface area contributed by atoms with E-state index in [1.165, 1.54) is 48.4 Å². The number of halogens is 1. The summed E-state index contributed by atoms with van der Waals surface area (Å²) in [5.74, 6) is 0. The number of benzene rings is 2. The lowest BCUT2D eigenvalue weighted by Gasteiger charge is -2.38. The highest BCUT2D eigenvalue weighted by Crippen LogP contribution is 2.51. The van der Waals surface area contributed by atoms with Crippen LogP contribution in [-0.2, 0) is 0 Å². The Morgan fingerprint density at radius 2 is 1.63 bits per heavy atom. The molecule has 0 amide bonds. The Kier molecular flexibility index (Phi) is 3.66. The molecule has 0 saturated heterocycles. The molecule has 19 heavy (non-hydrogen) atoms. The molecule has 2 aromatic carbocycles. The highest BCUT2D eigenvalue weighted by Gasteiger charge is 2.35. The molecule has 0 aliphatic heterocycles. The Hall–Kier alpha value is -0.820. The number of hydrogen-bond donors (Lipinski definition) is 0. The van der Waals surface area contributed by atoms with Gasteiger partial charge in [0.05, 0.1) is 0 Å². The Labute approximate surface area is 124 Å². The van der Waals surface area contributed by atoms with Gasteiger partial charge in [-0.2, -0.15) is 0 Å². The van der Waals surface area contributed by atoms with Crippen LogP contribution in [0.4, 0.5) is 0 Å². The molecule has 1 saturated carbocycles. The fraction of sp³-hybridized carbons (Fsp3) is 0.444. The first kappa shape index (κ1) is 13.2. The van der Waals surface area contributed by atoms with Gasteiger partial charge in [-0.25, -0.2) is 0 Å². The van der Waals surface area contributed by atoms with E-state index < -0.39 is 0 Å². The van der Waals surface area contributed by atoms with Gasteiger partial charge >= 0.3 is 0 Å². The maximum Gasteiger partial charge on any atom is 0.0455 e. The quantitative estimate of drug-likeness (QED) is 0.575. The average molecular weight is 317 g/mol. The second-order valence-corrected chi connectivity index (χ2v) is 7.06. The van der Waals surface area contributed by atoms with Crippen LogP contribution in [0, 0.1) is 5.41 Å². The van der Waals surface area contributed by atoms with Gasteiger partial charge in [0.2, 0.25) is 0 Å². The van der Waals surface area contributed by atoms with E-state index in [4.69, 9.17) is 0 Å². The molecular formula is C18H21Br. The molecule has 0 aromatic heterocycles. The smallest absolute Gasteiger partial charge is 0.0455 e. The van der Waals surface area contributed by atoms with Gasteiger partial charge in [-0.3, -0.25) is 0 Å². The third-order valence-corrected chi connectivity index (χ3v) is 6.30. The summed E-state index contributed by atoms with van der Waals surface area (Å²) in [7, 11) is 0. The Balaban J connectivity index is 2.03. The zero-order chi connectivity index (χ0) is 13.3. The Morgan fingerprint density at radius 3 is 2.42 bits per heavy atom. The maximum atomic E-state index is 4.02. The predicted octanol–water partition coefficient (Wildman–Crippen LogP) is 6.25. The van der Waals surface area contributed by atoms with Gasteiger partial charge in [-0.05, 0) is 34.6 Å². The summed E-state index contributed by atoms with van der Waals surface area (Å²) in [6.45, 7) is 2.45. The topological polar surface area (TPSA) is 0 Å². The number of rotatable bonds is 2. The standard InChI is InChI=1S/C18H21Br/c1-18(12-5-2-6-13-18)17(19)16-11-7-9-14-8-3-4-10-15(14)16/h3-4,7-11,17H,2,5-6,12-13H2,1H3. The molecule has 1 aliphatic carbocycles. The van der Waals surface area contributed by atoms with Crippen LogP contribution < -0.4 is 0 Å². The molecule has 3 rings (SSSR count). The monoisotopic (exact) mass is 316 g/mol. The van der Waals surface area contributed by atoms with Crippen molar-refractivity contribution < 1.29 is 0 Å². The van der Waals surface area contributed by atoms with Crippen molar-refractivity contribution in [2.24, 2.45) is 5.41 Å². The van der Waals surface area contributed by atoms with E-state index in [2.05, 4.69) is 65.3 Å². The van der Waals surface area contributed by atoms with Crippen LogP contribution in [0.5, 0.6) is 0 Å². The van der Waals surface area contributed by atoms with E-state index in [0.717, 1.165) is 0 Å². The van der Waals surface area contributed by atoms with Gasteiger partial charge in [0.1, 0.15) is 0 Å². The predicted molar refractivity (Wildman–Crippen MR) is 86.8 cm³/mol. The largest absolute Gasteiger partial charge is 0.0833 e. The van der Waals surface area contributed by atoms with Crippen molar-refractivity contribution in [1.29, 1.82) is 0 Å². The zero-order valence-electron chi connectivity index (χ0n) is 11.5. The third kappa shape index (κ3) is 2.45. The van der Waals surface area contributed by atoms with E-state index in [-0.39, 0.29) is 0 Å². The van der Waals surface area contributed by atoms with Crippen molar-refractivity contribution >= 4 is 26.7 Å².